The molecule has 0 bridgehead atoms. The van der Waals surface area contributed by atoms with Gasteiger partial charge < -0.3 is 9.04 Å². The molecular formula is C42H85NO4S. The number of rotatable bonds is 36. The van der Waals surface area contributed by atoms with Crippen LogP contribution in [0, 0.1) is 0 Å². The Morgan fingerprint density at radius 2 is 0.708 bits per heavy atom. The van der Waals surface area contributed by atoms with Gasteiger partial charge in [0.05, 0.1) is 32.8 Å². The van der Waals surface area contributed by atoms with Gasteiger partial charge in [-0.3, -0.25) is 4.18 Å². The molecule has 6 heteroatoms. The van der Waals surface area contributed by atoms with Crippen molar-refractivity contribution >= 4 is 10.4 Å². The molecule has 0 atom stereocenters. The summed E-state index contributed by atoms with van der Waals surface area (Å²) in [6.45, 7) is 16.3. The molecule has 0 fully saturated rings. The van der Waals surface area contributed by atoms with Crippen LogP contribution < -0.4 is 0 Å². The van der Waals surface area contributed by atoms with Gasteiger partial charge in [-0.25, -0.2) is 8.42 Å². The molecule has 288 valence electrons. The summed E-state index contributed by atoms with van der Waals surface area (Å²) >= 11 is 0. The van der Waals surface area contributed by atoms with Crippen LogP contribution in [-0.2, 0) is 14.6 Å². The minimum absolute atomic E-state index is 0.0914. The van der Waals surface area contributed by atoms with Crippen molar-refractivity contribution in [2.75, 3.05) is 32.8 Å². The second-order valence-electron chi connectivity index (χ2n) is 14.1. The van der Waals surface area contributed by atoms with E-state index in [0.717, 1.165) is 0 Å². The molecule has 0 rings (SSSR count). The lowest BCUT2D eigenvalue weighted by molar-refractivity contribution is -0.925. The van der Waals surface area contributed by atoms with Crippen molar-refractivity contribution in [2.24, 2.45) is 0 Å². The molecule has 0 saturated heterocycles. The Balaban J connectivity index is 0. The molecule has 0 spiro atoms. The zero-order chi connectivity index (χ0) is 35.9. The van der Waals surface area contributed by atoms with Gasteiger partial charge in [-0.05, 0) is 97.8 Å². The largest absolute Gasteiger partial charge is 0.726 e. The third-order valence-corrected chi connectivity index (χ3v) is 10.4. The highest BCUT2D eigenvalue weighted by Crippen LogP contribution is 2.16. The zero-order valence-electron chi connectivity index (χ0n) is 33.1. The Kier molecular flexibility index (Phi) is 40.3. The molecule has 0 aromatic rings. The fourth-order valence-corrected chi connectivity index (χ4v) is 6.79. The normalized spacial score (nSPS) is 12.3. The third kappa shape index (κ3) is 39.7. The maximum absolute atomic E-state index is 9.45. The molecule has 0 saturated carbocycles. The van der Waals surface area contributed by atoms with Gasteiger partial charge in [-0.15, -0.1) is 0 Å². The predicted molar refractivity (Wildman–Crippen MR) is 211 cm³/mol. The Morgan fingerprint density at radius 1 is 0.438 bits per heavy atom. The topological polar surface area (TPSA) is 66.4 Å². The quantitative estimate of drug-likeness (QED) is 0.0215. The lowest BCUT2D eigenvalue weighted by atomic mass is 10.1. The first kappa shape index (κ1) is 49.4. The number of quaternary nitrogens is 1. The molecule has 0 aromatic carbocycles. The Morgan fingerprint density at radius 3 is 0.938 bits per heavy atom. The number of allylic oxidation sites excluding steroid dienone is 4. The van der Waals surface area contributed by atoms with Crippen LogP contribution >= 0.6 is 0 Å². The molecule has 0 N–H and O–H groups in total. The van der Waals surface area contributed by atoms with Crippen LogP contribution in [0.5, 0.6) is 0 Å². The van der Waals surface area contributed by atoms with Crippen molar-refractivity contribution in [1.82, 2.24) is 0 Å². The molecule has 0 heterocycles. The molecule has 0 radical (unpaired) electrons. The first-order valence-corrected chi connectivity index (χ1v) is 22.4. The van der Waals surface area contributed by atoms with E-state index in [9.17, 15) is 13.0 Å². The Hall–Kier alpha value is -0.690. The minimum atomic E-state index is -4.42. The van der Waals surface area contributed by atoms with Crippen molar-refractivity contribution < 1.29 is 21.6 Å². The van der Waals surface area contributed by atoms with Crippen molar-refractivity contribution in [2.45, 2.75) is 214 Å². The third-order valence-electron chi connectivity index (χ3n) is 9.89. The van der Waals surface area contributed by atoms with E-state index in [-0.39, 0.29) is 6.61 Å². The molecule has 48 heavy (non-hydrogen) atoms. The first-order valence-electron chi connectivity index (χ1n) is 21.1. The maximum atomic E-state index is 9.45. The summed E-state index contributed by atoms with van der Waals surface area (Å²) < 4.78 is 33.4. The number of unbranched alkanes of at least 4 members (excludes halogenated alkanes) is 24. The van der Waals surface area contributed by atoms with E-state index in [1.54, 1.807) is 0 Å². The van der Waals surface area contributed by atoms with E-state index < -0.39 is 10.4 Å². The average molecular weight is 700 g/mol. The molecule has 0 amide bonds. The molecule has 0 aliphatic heterocycles. The molecule has 0 aliphatic carbocycles. The van der Waals surface area contributed by atoms with Gasteiger partial charge in [0.25, 0.3) is 0 Å². The van der Waals surface area contributed by atoms with Crippen LogP contribution in [-0.4, -0.2) is 50.2 Å². The van der Waals surface area contributed by atoms with Crippen LogP contribution in [0.25, 0.3) is 0 Å². The highest BCUT2D eigenvalue weighted by atomic mass is 32.3. The fraction of sp³-hybridized carbons (Fsp3) is 0.905. The monoisotopic (exact) mass is 700 g/mol. The highest BCUT2D eigenvalue weighted by molar-refractivity contribution is 7.80. The zero-order valence-corrected chi connectivity index (χ0v) is 33.9. The van der Waals surface area contributed by atoms with Crippen molar-refractivity contribution in [1.29, 1.82) is 0 Å². The predicted octanol–water partition coefficient (Wildman–Crippen LogP) is 13.4. The molecular weight excluding hydrogens is 615 g/mol. The molecule has 0 unspecified atom stereocenters. The summed E-state index contributed by atoms with van der Waals surface area (Å²) in [5, 5.41) is 0. The van der Waals surface area contributed by atoms with Crippen LogP contribution in [0.15, 0.2) is 24.3 Å². The van der Waals surface area contributed by atoms with Gasteiger partial charge in [-0.2, -0.15) is 0 Å². The highest BCUT2D eigenvalue weighted by Gasteiger charge is 2.21. The summed E-state index contributed by atoms with van der Waals surface area (Å²) in [5.74, 6) is 0. The lowest BCUT2D eigenvalue weighted by Gasteiger charge is -2.37. The second kappa shape index (κ2) is 39.1. The number of nitrogens with zero attached hydrogens (tertiary/aromatic N) is 1. The maximum Gasteiger partial charge on any atom is 0.217 e. The van der Waals surface area contributed by atoms with Crippen molar-refractivity contribution in [3.63, 3.8) is 0 Å². The van der Waals surface area contributed by atoms with Crippen molar-refractivity contribution in [3.8, 4) is 0 Å². The smallest absolute Gasteiger partial charge is 0.217 e. The van der Waals surface area contributed by atoms with Crippen LogP contribution in [0.3, 0.4) is 0 Å². The van der Waals surface area contributed by atoms with E-state index in [2.05, 4.69) is 56.2 Å². The molecule has 5 nitrogen and oxygen atoms in total. The first-order chi connectivity index (χ1) is 23.3. The molecule has 0 aromatic heterocycles. The molecule has 0 aliphatic rings. The summed E-state index contributed by atoms with van der Waals surface area (Å²) in [7, 11) is -4.42. The van der Waals surface area contributed by atoms with Gasteiger partial charge in [-0.1, -0.05) is 141 Å². The number of hydrogen-bond donors (Lipinski definition) is 0. The Bertz CT molecular complexity index is 733. The van der Waals surface area contributed by atoms with E-state index in [4.69, 9.17) is 0 Å². The van der Waals surface area contributed by atoms with Crippen LogP contribution in [0.2, 0.25) is 0 Å². The minimum Gasteiger partial charge on any atom is -0.726 e. The fourth-order valence-electron chi connectivity index (χ4n) is 6.50. The van der Waals surface area contributed by atoms with Gasteiger partial charge in [0.1, 0.15) is 0 Å². The average Bonchev–Trinajstić information content (AvgIpc) is 3.06. The van der Waals surface area contributed by atoms with Gasteiger partial charge in [0.15, 0.2) is 0 Å². The summed E-state index contributed by atoms with van der Waals surface area (Å²) in [5.41, 5.74) is 0. The SMILES string of the molecule is CCCCCCCC/C=C\CCCCCCCC[N+](CC)(CC)CCCCCCCC/C=C\CCCCCCCC.CCOS(=O)(=O)[O-]. The van der Waals surface area contributed by atoms with Crippen molar-refractivity contribution in [3.05, 3.63) is 24.3 Å². The second-order valence-corrected chi connectivity index (χ2v) is 15.2. The summed E-state index contributed by atoms with van der Waals surface area (Å²) in [6, 6.07) is 0. The van der Waals surface area contributed by atoms with Gasteiger partial charge in [0.2, 0.25) is 10.4 Å². The van der Waals surface area contributed by atoms with E-state index in [1.807, 2.05) is 0 Å². The lowest BCUT2D eigenvalue weighted by Crippen LogP contribution is -2.49. The Labute approximate surface area is 302 Å². The van der Waals surface area contributed by atoms with E-state index >= 15 is 0 Å². The van der Waals surface area contributed by atoms with Crippen LogP contribution in [0.1, 0.15) is 214 Å². The number of hydrogen-bond acceptors (Lipinski definition) is 4. The van der Waals surface area contributed by atoms with Gasteiger partial charge in [0, 0.05) is 0 Å². The van der Waals surface area contributed by atoms with Gasteiger partial charge >= 0.3 is 0 Å². The summed E-state index contributed by atoms with van der Waals surface area (Å²) in [4.78, 5) is 0. The standard InChI is InChI=1S/C40H80N.C2H6O4S/c1-5-9-11-13-15-17-19-21-23-25-27-29-31-33-35-37-39-41(7-3,8-4)40-38-36-34-32-30-28-26-24-22-20-18-16-14-12-10-6-2;1-2-6-7(3,4)5/h21-24H,5-20,25-40H2,1-4H3;2H2,1H3,(H,3,4,5)/q+1;/p-1/b23-21-,24-22-;. The van der Waals surface area contributed by atoms with E-state index in [0.29, 0.717) is 0 Å². The van der Waals surface area contributed by atoms with E-state index in [1.165, 1.54) is 217 Å². The van der Waals surface area contributed by atoms with Crippen LogP contribution in [0.4, 0.5) is 0 Å². The summed E-state index contributed by atoms with van der Waals surface area (Å²) in [6.07, 6.45) is 49.2.